The first kappa shape index (κ1) is 9.40. The van der Waals surface area contributed by atoms with Crippen LogP contribution in [0.4, 0.5) is 0 Å². The summed E-state index contributed by atoms with van der Waals surface area (Å²) in [4.78, 5) is 8.51. The fourth-order valence-corrected chi connectivity index (χ4v) is 1.69. The quantitative estimate of drug-likeness (QED) is 0.733. The third-order valence-corrected chi connectivity index (χ3v) is 2.19. The van der Waals surface area contributed by atoms with Gasteiger partial charge in [-0.15, -0.1) is 0 Å². The molecule has 3 nitrogen and oxygen atoms in total. The van der Waals surface area contributed by atoms with Gasteiger partial charge in [-0.3, -0.25) is 0 Å². The van der Waals surface area contributed by atoms with Crippen LogP contribution in [0.3, 0.4) is 0 Å². The van der Waals surface area contributed by atoms with E-state index in [9.17, 15) is 0 Å². The molecule has 0 fully saturated rings. The molecule has 0 atom stereocenters. The molecule has 0 bridgehead atoms. The first-order chi connectivity index (χ1) is 6.65. The molecule has 0 unspecified atom stereocenters. The zero-order valence-electron chi connectivity index (χ0n) is 7.91. The Balaban J connectivity index is 2.51. The zero-order chi connectivity index (χ0) is 10.1. The average molecular weight is 253 g/mol. The summed E-state index contributed by atoms with van der Waals surface area (Å²) in [6.07, 6.45) is 0. The first-order valence-corrected chi connectivity index (χ1v) is 5.02. The van der Waals surface area contributed by atoms with Crippen molar-refractivity contribution in [2.75, 3.05) is 0 Å². The molecule has 0 saturated heterocycles. The van der Waals surface area contributed by atoms with Gasteiger partial charge in [-0.05, 0) is 48.0 Å². The molecule has 0 aromatic carbocycles. The van der Waals surface area contributed by atoms with Crippen molar-refractivity contribution < 1.29 is 4.42 Å². The summed E-state index contributed by atoms with van der Waals surface area (Å²) in [6.45, 7) is 3.82. The highest BCUT2D eigenvalue weighted by Crippen LogP contribution is 2.20. The lowest BCUT2D eigenvalue weighted by atomic mass is 10.4. The van der Waals surface area contributed by atoms with Gasteiger partial charge in [0.05, 0.1) is 0 Å². The molecule has 2 aromatic rings. The van der Waals surface area contributed by atoms with Crippen LogP contribution >= 0.6 is 15.9 Å². The van der Waals surface area contributed by atoms with Crippen LogP contribution in [0.25, 0.3) is 11.6 Å². The van der Waals surface area contributed by atoms with E-state index in [0.717, 1.165) is 16.1 Å². The molecule has 0 aliphatic carbocycles. The van der Waals surface area contributed by atoms with E-state index in [1.54, 1.807) is 0 Å². The standard InChI is InChI=1S/C10H9BrN2O/c1-6-5-9(11)13-10(12-6)8-4-3-7(2)14-8/h3-5H,1-2H3. The van der Waals surface area contributed by atoms with Crippen molar-refractivity contribution in [2.45, 2.75) is 13.8 Å². The molecule has 2 rings (SSSR count). The van der Waals surface area contributed by atoms with Crippen molar-refractivity contribution in [2.24, 2.45) is 0 Å². The van der Waals surface area contributed by atoms with E-state index in [4.69, 9.17) is 4.42 Å². The minimum atomic E-state index is 0.616. The van der Waals surface area contributed by atoms with Crippen LogP contribution in [0.2, 0.25) is 0 Å². The molecule has 0 saturated carbocycles. The number of halogens is 1. The Bertz CT molecular complexity index is 445. The zero-order valence-corrected chi connectivity index (χ0v) is 9.50. The third-order valence-electron chi connectivity index (χ3n) is 1.78. The van der Waals surface area contributed by atoms with Crippen LogP contribution in [0.15, 0.2) is 27.2 Å². The Morgan fingerprint density at radius 3 is 2.57 bits per heavy atom. The summed E-state index contributed by atoms with van der Waals surface area (Å²) in [5.41, 5.74) is 0.913. The molecule has 0 radical (unpaired) electrons. The van der Waals surface area contributed by atoms with Gasteiger partial charge >= 0.3 is 0 Å². The predicted octanol–water partition coefficient (Wildman–Crippen LogP) is 3.12. The second-order valence-corrected chi connectivity index (χ2v) is 3.88. The monoisotopic (exact) mass is 252 g/mol. The number of hydrogen-bond acceptors (Lipinski definition) is 3. The van der Waals surface area contributed by atoms with Crippen LogP contribution < -0.4 is 0 Å². The first-order valence-electron chi connectivity index (χ1n) is 4.23. The maximum absolute atomic E-state index is 5.43. The van der Waals surface area contributed by atoms with E-state index in [-0.39, 0.29) is 0 Å². The molecule has 0 spiro atoms. The highest BCUT2D eigenvalue weighted by Gasteiger charge is 2.07. The van der Waals surface area contributed by atoms with Gasteiger partial charge < -0.3 is 4.42 Å². The Labute approximate surface area is 90.3 Å². The number of hydrogen-bond donors (Lipinski definition) is 0. The van der Waals surface area contributed by atoms with Crippen molar-refractivity contribution >= 4 is 15.9 Å². The van der Waals surface area contributed by atoms with Gasteiger partial charge in [-0.25, -0.2) is 9.97 Å². The highest BCUT2D eigenvalue weighted by atomic mass is 79.9. The van der Waals surface area contributed by atoms with E-state index in [0.29, 0.717) is 11.6 Å². The van der Waals surface area contributed by atoms with Gasteiger partial charge in [0.1, 0.15) is 10.4 Å². The lowest BCUT2D eigenvalue weighted by Gasteiger charge is -1.98. The maximum Gasteiger partial charge on any atom is 0.196 e. The number of nitrogens with zero attached hydrogens (tertiary/aromatic N) is 2. The summed E-state index contributed by atoms with van der Waals surface area (Å²) < 4.78 is 6.21. The number of rotatable bonds is 1. The molecule has 4 heteroatoms. The fourth-order valence-electron chi connectivity index (χ4n) is 1.20. The molecule has 14 heavy (non-hydrogen) atoms. The van der Waals surface area contributed by atoms with Crippen LogP contribution in [0.5, 0.6) is 0 Å². The Morgan fingerprint density at radius 1 is 1.21 bits per heavy atom. The predicted molar refractivity (Wildman–Crippen MR) is 56.9 cm³/mol. The molecule has 72 valence electrons. The maximum atomic E-state index is 5.43. The molecule has 0 amide bonds. The molecular formula is C10H9BrN2O. The van der Waals surface area contributed by atoms with Crippen molar-refractivity contribution in [3.63, 3.8) is 0 Å². The summed E-state index contributed by atoms with van der Waals surface area (Å²) in [5, 5.41) is 0. The van der Waals surface area contributed by atoms with Gasteiger partial charge in [-0.1, -0.05) is 0 Å². The summed E-state index contributed by atoms with van der Waals surface area (Å²) in [5.74, 6) is 2.18. The lowest BCUT2D eigenvalue weighted by Crippen LogP contribution is -1.90. The van der Waals surface area contributed by atoms with Gasteiger partial charge in [0, 0.05) is 5.69 Å². The number of aryl methyl sites for hydroxylation is 2. The third kappa shape index (κ3) is 1.85. The van der Waals surface area contributed by atoms with E-state index in [1.165, 1.54) is 0 Å². The summed E-state index contributed by atoms with van der Waals surface area (Å²) in [6, 6.07) is 5.63. The SMILES string of the molecule is Cc1cc(Br)nc(-c2ccc(C)o2)n1. The van der Waals surface area contributed by atoms with E-state index in [1.807, 2.05) is 32.0 Å². The van der Waals surface area contributed by atoms with Crippen molar-refractivity contribution in [3.8, 4) is 11.6 Å². The van der Waals surface area contributed by atoms with E-state index >= 15 is 0 Å². The minimum Gasteiger partial charge on any atom is -0.458 e. The molecule has 0 aliphatic heterocycles. The summed E-state index contributed by atoms with van der Waals surface area (Å²) >= 11 is 3.32. The largest absolute Gasteiger partial charge is 0.458 e. The number of aromatic nitrogens is 2. The van der Waals surface area contributed by atoms with Crippen LogP contribution in [0, 0.1) is 13.8 Å². The smallest absolute Gasteiger partial charge is 0.196 e. The minimum absolute atomic E-state index is 0.616. The molecule has 0 aliphatic rings. The van der Waals surface area contributed by atoms with Gasteiger partial charge in [-0.2, -0.15) is 0 Å². The normalized spacial score (nSPS) is 10.5. The van der Waals surface area contributed by atoms with Crippen molar-refractivity contribution in [3.05, 3.63) is 34.3 Å². The van der Waals surface area contributed by atoms with Gasteiger partial charge in [0.2, 0.25) is 0 Å². The van der Waals surface area contributed by atoms with Gasteiger partial charge in [0.25, 0.3) is 0 Å². The molecule has 2 aromatic heterocycles. The molecular weight excluding hydrogens is 244 g/mol. The van der Waals surface area contributed by atoms with Crippen LogP contribution in [-0.4, -0.2) is 9.97 Å². The van der Waals surface area contributed by atoms with Crippen LogP contribution in [-0.2, 0) is 0 Å². The molecule has 0 N–H and O–H groups in total. The second kappa shape index (κ2) is 3.53. The fraction of sp³-hybridized carbons (Fsp3) is 0.200. The Morgan fingerprint density at radius 2 is 2.00 bits per heavy atom. The summed E-state index contributed by atoms with van der Waals surface area (Å²) in [7, 11) is 0. The number of furan rings is 1. The Hall–Kier alpha value is -1.16. The van der Waals surface area contributed by atoms with Gasteiger partial charge in [0.15, 0.2) is 11.6 Å². The highest BCUT2D eigenvalue weighted by molar-refractivity contribution is 9.10. The van der Waals surface area contributed by atoms with Crippen molar-refractivity contribution in [1.82, 2.24) is 9.97 Å². The average Bonchev–Trinajstić information content (AvgIpc) is 2.50. The van der Waals surface area contributed by atoms with Crippen molar-refractivity contribution in [1.29, 1.82) is 0 Å². The second-order valence-electron chi connectivity index (χ2n) is 3.07. The van der Waals surface area contributed by atoms with Crippen LogP contribution in [0.1, 0.15) is 11.5 Å². The Kier molecular flexibility index (Phi) is 2.37. The molecule has 2 heterocycles. The topological polar surface area (TPSA) is 38.9 Å². The van der Waals surface area contributed by atoms with E-state index < -0.39 is 0 Å². The van der Waals surface area contributed by atoms with E-state index in [2.05, 4.69) is 25.9 Å². The lowest BCUT2D eigenvalue weighted by molar-refractivity contribution is 0.543.